The Kier molecular flexibility index (Phi) is 5.04. The van der Waals surface area contributed by atoms with Crippen molar-refractivity contribution in [2.24, 2.45) is 0 Å². The van der Waals surface area contributed by atoms with Gasteiger partial charge in [-0.3, -0.25) is 0 Å². The summed E-state index contributed by atoms with van der Waals surface area (Å²) in [5.41, 5.74) is 0.542. The number of likely N-dealkylation sites (N-methyl/N-ethyl adjacent to an activating group) is 1. The van der Waals surface area contributed by atoms with Gasteiger partial charge in [0.1, 0.15) is 4.90 Å². The Morgan fingerprint density at radius 2 is 2.00 bits per heavy atom. The number of hydrogen-bond acceptors (Lipinski definition) is 4. The number of aliphatic hydroxyl groups is 1. The summed E-state index contributed by atoms with van der Waals surface area (Å²) in [6.07, 6.45) is 0.799. The molecule has 0 aromatic heterocycles. The lowest BCUT2D eigenvalue weighted by atomic mass is 10.2. The van der Waals surface area contributed by atoms with E-state index in [9.17, 15) is 8.42 Å². The summed E-state index contributed by atoms with van der Waals surface area (Å²) in [7, 11) is -1.63. The Bertz CT molecular complexity index is 577. The summed E-state index contributed by atoms with van der Waals surface area (Å²) in [5, 5.41) is 9.34. The molecule has 1 aromatic carbocycles. The molecular formula is C13H19ClN2O3S. The van der Waals surface area contributed by atoms with Gasteiger partial charge in [0.25, 0.3) is 0 Å². The van der Waals surface area contributed by atoms with Gasteiger partial charge in [-0.25, -0.2) is 8.42 Å². The monoisotopic (exact) mass is 318 g/mol. The molecule has 1 saturated heterocycles. The molecule has 0 saturated carbocycles. The molecule has 0 atom stereocenters. The van der Waals surface area contributed by atoms with Crippen LogP contribution in [0.15, 0.2) is 23.1 Å². The van der Waals surface area contributed by atoms with E-state index >= 15 is 0 Å². The Morgan fingerprint density at radius 1 is 1.25 bits per heavy atom. The quantitative estimate of drug-likeness (QED) is 0.908. The minimum atomic E-state index is -3.61. The highest BCUT2D eigenvalue weighted by Gasteiger charge is 2.28. The molecule has 1 fully saturated rings. The molecule has 1 heterocycles. The third-order valence-electron chi connectivity index (χ3n) is 3.47. The van der Waals surface area contributed by atoms with E-state index in [1.54, 1.807) is 6.07 Å². The Hall–Kier alpha value is -0.660. The highest BCUT2D eigenvalue weighted by atomic mass is 35.5. The molecule has 7 heteroatoms. The maximum Gasteiger partial charge on any atom is 0.244 e. The van der Waals surface area contributed by atoms with Gasteiger partial charge in [0.15, 0.2) is 0 Å². The van der Waals surface area contributed by atoms with Gasteiger partial charge in [0, 0.05) is 19.6 Å². The van der Waals surface area contributed by atoms with Gasteiger partial charge < -0.3 is 10.0 Å². The molecule has 0 unspecified atom stereocenters. The summed E-state index contributed by atoms with van der Waals surface area (Å²) < 4.78 is 26.8. The van der Waals surface area contributed by atoms with Crippen LogP contribution in [0.3, 0.4) is 0 Å². The van der Waals surface area contributed by atoms with Crippen LogP contribution in [0.25, 0.3) is 0 Å². The second-order valence-electron chi connectivity index (χ2n) is 4.98. The van der Waals surface area contributed by atoms with Crippen molar-refractivity contribution in [1.29, 1.82) is 0 Å². The number of rotatable bonds is 3. The molecule has 1 N–H and O–H groups in total. The summed E-state index contributed by atoms with van der Waals surface area (Å²) in [5.74, 6) is 0. The van der Waals surface area contributed by atoms with Gasteiger partial charge in [-0.05, 0) is 37.7 Å². The zero-order chi connectivity index (χ0) is 14.8. The number of nitrogens with zero attached hydrogens (tertiary/aromatic N) is 2. The third-order valence-corrected chi connectivity index (χ3v) is 5.85. The molecule has 1 aliphatic heterocycles. The minimum Gasteiger partial charge on any atom is -0.392 e. The van der Waals surface area contributed by atoms with Gasteiger partial charge in [-0.1, -0.05) is 17.7 Å². The smallest absolute Gasteiger partial charge is 0.244 e. The van der Waals surface area contributed by atoms with E-state index in [4.69, 9.17) is 16.7 Å². The van der Waals surface area contributed by atoms with Crippen LogP contribution in [0, 0.1) is 0 Å². The highest BCUT2D eigenvalue weighted by molar-refractivity contribution is 7.89. The summed E-state index contributed by atoms with van der Waals surface area (Å²) in [6.45, 7) is 2.33. The van der Waals surface area contributed by atoms with Gasteiger partial charge in [-0.15, -0.1) is 0 Å². The number of benzene rings is 1. The van der Waals surface area contributed by atoms with E-state index in [0.717, 1.165) is 13.0 Å². The van der Waals surface area contributed by atoms with Crippen molar-refractivity contribution >= 4 is 21.6 Å². The minimum absolute atomic E-state index is 0.0790. The van der Waals surface area contributed by atoms with Crippen molar-refractivity contribution in [2.45, 2.75) is 17.9 Å². The van der Waals surface area contributed by atoms with Gasteiger partial charge in [-0.2, -0.15) is 4.31 Å². The number of halogens is 1. The van der Waals surface area contributed by atoms with Crippen LogP contribution in [0.5, 0.6) is 0 Å². The van der Waals surface area contributed by atoms with Crippen molar-refractivity contribution in [3.8, 4) is 0 Å². The predicted octanol–water partition coefficient (Wildman–Crippen LogP) is 1.16. The maximum atomic E-state index is 12.7. The standard InChI is InChI=1S/C13H19ClN2O3S/c1-15-5-2-6-16(8-7-15)20(18,19)13-9-11(10-17)3-4-12(13)14/h3-4,9,17H,2,5-8,10H2,1H3. The van der Waals surface area contributed by atoms with E-state index < -0.39 is 10.0 Å². The van der Waals surface area contributed by atoms with Gasteiger partial charge in [0.2, 0.25) is 10.0 Å². The second-order valence-corrected chi connectivity index (χ2v) is 7.30. The molecule has 112 valence electrons. The molecule has 1 aliphatic rings. The first-order valence-corrected chi connectivity index (χ1v) is 8.35. The molecule has 0 bridgehead atoms. The largest absolute Gasteiger partial charge is 0.392 e. The van der Waals surface area contributed by atoms with E-state index in [-0.39, 0.29) is 16.5 Å². The lowest BCUT2D eigenvalue weighted by Crippen LogP contribution is -2.34. The van der Waals surface area contributed by atoms with Crippen LogP contribution in [-0.2, 0) is 16.6 Å². The second kappa shape index (κ2) is 6.41. The van der Waals surface area contributed by atoms with Crippen molar-refractivity contribution in [3.05, 3.63) is 28.8 Å². The number of aliphatic hydroxyl groups excluding tert-OH is 1. The molecule has 0 aliphatic carbocycles. The molecule has 0 radical (unpaired) electrons. The number of sulfonamides is 1. The summed E-state index contributed by atoms with van der Waals surface area (Å²) >= 11 is 6.03. The van der Waals surface area contributed by atoms with Crippen LogP contribution in [0.2, 0.25) is 5.02 Å². The fraction of sp³-hybridized carbons (Fsp3) is 0.538. The SMILES string of the molecule is CN1CCCN(S(=O)(=O)c2cc(CO)ccc2Cl)CC1. The van der Waals surface area contributed by atoms with Crippen molar-refractivity contribution in [2.75, 3.05) is 33.2 Å². The first kappa shape index (κ1) is 15.7. The molecule has 0 amide bonds. The zero-order valence-corrected chi connectivity index (χ0v) is 13.0. The average Bonchev–Trinajstić information content (AvgIpc) is 2.64. The average molecular weight is 319 g/mol. The van der Waals surface area contributed by atoms with E-state index in [1.807, 2.05) is 7.05 Å². The molecule has 2 rings (SSSR count). The molecule has 0 spiro atoms. The summed E-state index contributed by atoms with van der Waals surface area (Å²) in [6, 6.07) is 4.59. The fourth-order valence-corrected chi connectivity index (χ4v) is 4.24. The van der Waals surface area contributed by atoms with Crippen LogP contribution >= 0.6 is 11.6 Å². The molecular weight excluding hydrogens is 300 g/mol. The van der Waals surface area contributed by atoms with Crippen molar-refractivity contribution < 1.29 is 13.5 Å². The first-order chi connectivity index (χ1) is 9.45. The van der Waals surface area contributed by atoms with Crippen LogP contribution in [0.4, 0.5) is 0 Å². The Morgan fingerprint density at radius 3 is 2.70 bits per heavy atom. The van der Waals surface area contributed by atoms with Gasteiger partial charge in [0.05, 0.1) is 11.6 Å². The highest BCUT2D eigenvalue weighted by Crippen LogP contribution is 2.26. The van der Waals surface area contributed by atoms with Crippen LogP contribution in [0.1, 0.15) is 12.0 Å². The van der Waals surface area contributed by atoms with Crippen LogP contribution < -0.4 is 0 Å². The van der Waals surface area contributed by atoms with Gasteiger partial charge >= 0.3 is 0 Å². The van der Waals surface area contributed by atoms with Crippen LogP contribution in [-0.4, -0.2) is 56.0 Å². The molecule has 1 aromatic rings. The fourth-order valence-electron chi connectivity index (χ4n) is 2.25. The number of hydrogen-bond donors (Lipinski definition) is 1. The van der Waals surface area contributed by atoms with Crippen molar-refractivity contribution in [1.82, 2.24) is 9.21 Å². The third kappa shape index (κ3) is 3.32. The van der Waals surface area contributed by atoms with Crippen molar-refractivity contribution in [3.63, 3.8) is 0 Å². The van der Waals surface area contributed by atoms with E-state index in [0.29, 0.717) is 25.2 Å². The predicted molar refractivity (Wildman–Crippen MR) is 78.2 cm³/mol. The topological polar surface area (TPSA) is 60.9 Å². The zero-order valence-electron chi connectivity index (χ0n) is 11.4. The molecule has 20 heavy (non-hydrogen) atoms. The summed E-state index contributed by atoms with van der Waals surface area (Å²) in [4.78, 5) is 2.19. The normalized spacial score (nSPS) is 18.9. The Labute approximate surface area is 124 Å². The Balaban J connectivity index is 2.34. The lowest BCUT2D eigenvalue weighted by molar-refractivity contribution is 0.281. The molecule has 5 nitrogen and oxygen atoms in total. The van der Waals surface area contributed by atoms with E-state index in [1.165, 1.54) is 16.4 Å². The first-order valence-electron chi connectivity index (χ1n) is 6.53. The maximum absolute atomic E-state index is 12.7. The lowest BCUT2D eigenvalue weighted by Gasteiger charge is -2.21. The van der Waals surface area contributed by atoms with E-state index in [2.05, 4.69) is 4.90 Å².